The van der Waals surface area contributed by atoms with Gasteiger partial charge in [-0.1, -0.05) is 0 Å². The molecule has 14 nitrogen and oxygen atoms in total. The van der Waals surface area contributed by atoms with E-state index in [2.05, 4.69) is 5.32 Å². The molecule has 15 atom stereocenters. The van der Waals surface area contributed by atoms with Gasteiger partial charge in [0.1, 0.15) is 48.3 Å². The standard InChI is InChI=1S/C20H41N5O9/c1-6(21)14-11(27)10(26)9(24)18(32-14)33-15-7(22)4-8(23)16(12(15)28)34-19-13(29)17(25-3)20(2,30)5-31-19/h6-19,25-30H,4-5,21-24H2,1-3H3/t6?,7-,8+,9+,10-,11-,12+,13-,14+,15+,16-,17+,18-,19+,20-/m0/s1. The highest BCUT2D eigenvalue weighted by atomic mass is 16.7. The van der Waals surface area contributed by atoms with E-state index in [1.807, 2.05) is 0 Å². The predicted octanol–water partition coefficient (Wildman–Crippen LogP) is -5.65. The number of rotatable bonds is 6. The lowest BCUT2D eigenvalue weighted by molar-refractivity contribution is -0.315. The molecule has 1 saturated carbocycles. The minimum Gasteiger partial charge on any atom is -0.388 e. The van der Waals surface area contributed by atoms with Crippen LogP contribution in [0.1, 0.15) is 20.3 Å². The maximum Gasteiger partial charge on any atom is 0.185 e. The molecule has 0 aromatic rings. The second-order valence-electron chi connectivity index (χ2n) is 9.94. The second kappa shape index (κ2) is 10.8. The summed E-state index contributed by atoms with van der Waals surface area (Å²) >= 11 is 0. The molecule has 3 aliphatic rings. The van der Waals surface area contributed by atoms with Gasteiger partial charge in [-0.05, 0) is 27.3 Å². The van der Waals surface area contributed by atoms with E-state index in [0.717, 1.165) is 0 Å². The number of aliphatic hydroxyl groups is 5. The molecule has 34 heavy (non-hydrogen) atoms. The van der Waals surface area contributed by atoms with E-state index >= 15 is 0 Å². The number of ether oxygens (including phenoxy) is 4. The average molecular weight is 496 g/mol. The fourth-order valence-electron chi connectivity index (χ4n) is 4.98. The summed E-state index contributed by atoms with van der Waals surface area (Å²) in [5.41, 5.74) is 22.9. The molecule has 2 aliphatic heterocycles. The maximum absolute atomic E-state index is 11.1. The molecule has 0 aromatic heterocycles. The summed E-state index contributed by atoms with van der Waals surface area (Å²) in [6.07, 6.45) is -10.6. The Hall–Kier alpha value is -0.560. The first-order valence-electron chi connectivity index (χ1n) is 11.5. The summed E-state index contributed by atoms with van der Waals surface area (Å²) in [7, 11) is 1.59. The molecule has 0 amide bonds. The fourth-order valence-corrected chi connectivity index (χ4v) is 4.98. The summed E-state index contributed by atoms with van der Waals surface area (Å²) in [5.74, 6) is 0. The van der Waals surface area contributed by atoms with Gasteiger partial charge in [-0.25, -0.2) is 0 Å². The summed E-state index contributed by atoms with van der Waals surface area (Å²) < 4.78 is 23.0. The molecule has 200 valence electrons. The summed E-state index contributed by atoms with van der Waals surface area (Å²) in [5, 5.41) is 55.6. The minimum atomic E-state index is -1.38. The minimum absolute atomic E-state index is 0.124. The van der Waals surface area contributed by atoms with E-state index in [9.17, 15) is 25.5 Å². The Bertz CT molecular complexity index is 676. The Morgan fingerprint density at radius 3 is 2.03 bits per heavy atom. The van der Waals surface area contributed by atoms with E-state index in [0.29, 0.717) is 0 Å². The zero-order valence-electron chi connectivity index (χ0n) is 19.7. The maximum atomic E-state index is 11.1. The first-order chi connectivity index (χ1) is 15.8. The number of likely N-dealkylation sites (N-methyl/N-ethyl adjacent to an activating group) is 1. The Labute approximate surface area is 198 Å². The van der Waals surface area contributed by atoms with Crippen molar-refractivity contribution in [3.8, 4) is 0 Å². The van der Waals surface area contributed by atoms with Crippen LogP contribution in [0.15, 0.2) is 0 Å². The number of hydrogen-bond donors (Lipinski definition) is 10. The highest BCUT2D eigenvalue weighted by Gasteiger charge is 2.52. The van der Waals surface area contributed by atoms with Crippen molar-refractivity contribution in [1.82, 2.24) is 5.32 Å². The Kier molecular flexibility index (Phi) is 8.92. The van der Waals surface area contributed by atoms with Crippen LogP contribution < -0.4 is 28.3 Å². The van der Waals surface area contributed by atoms with Crippen LogP contribution in [0.2, 0.25) is 0 Å². The highest BCUT2D eigenvalue weighted by molar-refractivity contribution is 5.02. The van der Waals surface area contributed by atoms with Gasteiger partial charge in [-0.2, -0.15) is 0 Å². The second-order valence-corrected chi connectivity index (χ2v) is 9.94. The molecular weight excluding hydrogens is 454 g/mol. The molecular formula is C20H41N5O9. The van der Waals surface area contributed by atoms with E-state index in [1.54, 1.807) is 14.0 Å². The van der Waals surface area contributed by atoms with Gasteiger partial charge in [0.15, 0.2) is 12.6 Å². The van der Waals surface area contributed by atoms with Gasteiger partial charge < -0.3 is 72.7 Å². The summed E-state index contributed by atoms with van der Waals surface area (Å²) in [6.45, 7) is 3.00. The van der Waals surface area contributed by atoms with Gasteiger partial charge in [0.05, 0.1) is 18.7 Å². The molecule has 0 bridgehead atoms. The molecule has 14 heteroatoms. The highest BCUT2D eigenvalue weighted by Crippen LogP contribution is 2.32. The number of nitrogens with two attached hydrogens (primary N) is 4. The van der Waals surface area contributed by atoms with Crippen molar-refractivity contribution >= 4 is 0 Å². The number of hydrogen-bond acceptors (Lipinski definition) is 14. The molecule has 0 radical (unpaired) electrons. The normalized spacial score (nSPS) is 53.5. The third-order valence-electron chi connectivity index (χ3n) is 6.99. The molecule has 2 heterocycles. The van der Waals surface area contributed by atoms with Gasteiger partial charge in [0.25, 0.3) is 0 Å². The van der Waals surface area contributed by atoms with Crippen LogP contribution in [0.5, 0.6) is 0 Å². The van der Waals surface area contributed by atoms with E-state index in [4.69, 9.17) is 41.9 Å². The van der Waals surface area contributed by atoms with Gasteiger partial charge in [-0.3, -0.25) is 0 Å². The first-order valence-corrected chi connectivity index (χ1v) is 11.5. The molecule has 0 spiro atoms. The van der Waals surface area contributed by atoms with Crippen LogP contribution in [0.25, 0.3) is 0 Å². The van der Waals surface area contributed by atoms with Gasteiger partial charge >= 0.3 is 0 Å². The lowest BCUT2D eigenvalue weighted by Gasteiger charge is -2.49. The zero-order valence-corrected chi connectivity index (χ0v) is 19.7. The molecule has 3 rings (SSSR count). The third-order valence-corrected chi connectivity index (χ3v) is 6.99. The molecule has 14 N–H and O–H groups in total. The van der Waals surface area contributed by atoms with Gasteiger partial charge in [0.2, 0.25) is 0 Å². The van der Waals surface area contributed by atoms with Crippen LogP contribution in [0.3, 0.4) is 0 Å². The quantitative estimate of drug-likeness (QED) is 0.165. The van der Waals surface area contributed by atoms with Crippen molar-refractivity contribution in [1.29, 1.82) is 0 Å². The molecule has 3 fully saturated rings. The van der Waals surface area contributed by atoms with Crippen LogP contribution in [-0.4, -0.2) is 130 Å². The topological polar surface area (TPSA) is 254 Å². The Morgan fingerprint density at radius 2 is 1.50 bits per heavy atom. The SMILES string of the molecule is CN[C@@H]1[C@H](O)[C@@H](O[C@@H]2[C@H](O)[C@H](O[C@@H]3O[C@H](C(C)N)[C@@H](O)[C@@H](O)[C@H]3N)[C@@H](N)C[C@H]2N)OC[C@]1(C)O. The van der Waals surface area contributed by atoms with Crippen molar-refractivity contribution in [3.63, 3.8) is 0 Å². The molecule has 1 unspecified atom stereocenters. The fraction of sp³-hybridized carbons (Fsp3) is 1.00. The summed E-state index contributed by atoms with van der Waals surface area (Å²) in [4.78, 5) is 0. The van der Waals surface area contributed by atoms with Crippen LogP contribution in [0.4, 0.5) is 0 Å². The Balaban J connectivity index is 1.73. The van der Waals surface area contributed by atoms with Gasteiger partial charge in [0, 0.05) is 18.1 Å². The zero-order chi connectivity index (χ0) is 25.5. The molecule has 1 aliphatic carbocycles. The van der Waals surface area contributed by atoms with Crippen LogP contribution in [-0.2, 0) is 18.9 Å². The lowest BCUT2D eigenvalue weighted by Crippen LogP contribution is -2.70. The van der Waals surface area contributed by atoms with Crippen molar-refractivity contribution < 1.29 is 44.5 Å². The smallest absolute Gasteiger partial charge is 0.185 e. The first kappa shape index (κ1) is 28.0. The monoisotopic (exact) mass is 495 g/mol. The number of nitrogens with one attached hydrogen (secondary N) is 1. The molecule has 2 saturated heterocycles. The third kappa shape index (κ3) is 5.40. The van der Waals surface area contributed by atoms with Crippen molar-refractivity contribution in [3.05, 3.63) is 0 Å². The van der Waals surface area contributed by atoms with Crippen LogP contribution in [0, 0.1) is 0 Å². The van der Waals surface area contributed by atoms with Crippen LogP contribution >= 0.6 is 0 Å². The van der Waals surface area contributed by atoms with Gasteiger partial charge in [-0.15, -0.1) is 0 Å². The van der Waals surface area contributed by atoms with Crippen molar-refractivity contribution in [2.45, 2.75) is 111 Å². The van der Waals surface area contributed by atoms with Crippen molar-refractivity contribution in [2.24, 2.45) is 22.9 Å². The van der Waals surface area contributed by atoms with E-state index in [1.165, 1.54) is 6.92 Å². The predicted molar refractivity (Wildman–Crippen MR) is 118 cm³/mol. The van der Waals surface area contributed by atoms with E-state index < -0.39 is 91.1 Å². The van der Waals surface area contributed by atoms with Crippen molar-refractivity contribution in [2.75, 3.05) is 13.7 Å². The lowest BCUT2D eigenvalue weighted by atomic mass is 9.84. The van der Waals surface area contributed by atoms with E-state index in [-0.39, 0.29) is 13.0 Å². The largest absolute Gasteiger partial charge is 0.388 e. The number of aliphatic hydroxyl groups excluding tert-OH is 4. The summed E-state index contributed by atoms with van der Waals surface area (Å²) in [6, 6.07) is -3.99. The average Bonchev–Trinajstić information content (AvgIpc) is 2.75. The molecule has 0 aromatic carbocycles. The Morgan fingerprint density at radius 1 is 0.941 bits per heavy atom.